The molecule has 1 amide bonds. The highest BCUT2D eigenvalue weighted by molar-refractivity contribution is 7.10. The summed E-state index contributed by atoms with van der Waals surface area (Å²) in [4.78, 5) is 13.1. The summed E-state index contributed by atoms with van der Waals surface area (Å²) in [5.74, 6) is -2.71. The number of hydrogen-bond acceptors (Lipinski definition) is 2. The summed E-state index contributed by atoms with van der Waals surface area (Å²) in [6.07, 6.45) is 1.64. The molecule has 0 bridgehead atoms. The van der Waals surface area contributed by atoms with E-state index < -0.39 is 17.5 Å². The molecule has 1 aromatic carbocycles. The second kappa shape index (κ2) is 6.61. The molecule has 0 aliphatic carbocycles. The van der Waals surface area contributed by atoms with Gasteiger partial charge in [-0.1, -0.05) is 25.5 Å². The Balaban J connectivity index is 2.18. The van der Waals surface area contributed by atoms with Crippen LogP contribution in [0.5, 0.6) is 0 Å². The maximum absolute atomic E-state index is 13.6. The van der Waals surface area contributed by atoms with Crippen molar-refractivity contribution in [3.63, 3.8) is 0 Å². The number of benzene rings is 1. The number of carbonyl (C=O) groups excluding carboxylic acids is 1. The molecular weight excluding hydrogens is 280 g/mol. The highest BCUT2D eigenvalue weighted by atomic mass is 32.1. The zero-order valence-electron chi connectivity index (χ0n) is 11.0. The van der Waals surface area contributed by atoms with E-state index in [9.17, 15) is 13.6 Å². The average molecular weight is 295 g/mol. The van der Waals surface area contributed by atoms with E-state index in [0.717, 1.165) is 23.8 Å². The van der Waals surface area contributed by atoms with Crippen LogP contribution >= 0.6 is 11.3 Å². The van der Waals surface area contributed by atoms with E-state index in [1.807, 2.05) is 24.4 Å². The standard InChI is InChI=1S/C15H15F2NOS/c1-2-5-12(13-8-4-9-20-13)18-15(19)10-6-3-7-11(16)14(10)17/h3-4,6-9,12H,2,5H2,1H3,(H,18,19). The Hall–Kier alpha value is -1.75. The number of rotatable bonds is 5. The van der Waals surface area contributed by atoms with Crippen molar-refractivity contribution in [3.8, 4) is 0 Å². The lowest BCUT2D eigenvalue weighted by Gasteiger charge is -2.17. The molecule has 0 fully saturated rings. The third kappa shape index (κ3) is 3.22. The Morgan fingerprint density at radius 2 is 2.10 bits per heavy atom. The molecule has 1 N–H and O–H groups in total. The Labute approximate surface area is 120 Å². The topological polar surface area (TPSA) is 29.1 Å². The summed E-state index contributed by atoms with van der Waals surface area (Å²) in [6, 6.07) is 7.26. The summed E-state index contributed by atoms with van der Waals surface area (Å²) in [7, 11) is 0. The van der Waals surface area contributed by atoms with Gasteiger partial charge in [0, 0.05) is 4.88 Å². The predicted molar refractivity (Wildman–Crippen MR) is 75.8 cm³/mol. The van der Waals surface area contributed by atoms with Gasteiger partial charge < -0.3 is 5.32 Å². The first-order chi connectivity index (χ1) is 9.63. The Morgan fingerprint density at radius 1 is 1.30 bits per heavy atom. The van der Waals surface area contributed by atoms with Crippen LogP contribution in [0.1, 0.15) is 41.0 Å². The smallest absolute Gasteiger partial charge is 0.254 e. The molecule has 1 atom stereocenters. The Bertz CT molecular complexity index is 584. The molecule has 0 saturated heterocycles. The van der Waals surface area contributed by atoms with Crippen LogP contribution < -0.4 is 5.32 Å². The minimum Gasteiger partial charge on any atom is -0.344 e. The first-order valence-electron chi connectivity index (χ1n) is 6.41. The number of thiophene rings is 1. The van der Waals surface area contributed by atoms with Crippen LogP contribution in [0.25, 0.3) is 0 Å². The van der Waals surface area contributed by atoms with Gasteiger partial charge in [-0.25, -0.2) is 8.78 Å². The Morgan fingerprint density at radius 3 is 2.75 bits per heavy atom. The van der Waals surface area contributed by atoms with E-state index in [0.29, 0.717) is 0 Å². The molecule has 1 heterocycles. The summed E-state index contributed by atoms with van der Waals surface area (Å²) in [5.41, 5.74) is -0.261. The fraction of sp³-hybridized carbons (Fsp3) is 0.267. The zero-order chi connectivity index (χ0) is 14.5. The van der Waals surface area contributed by atoms with Crippen LogP contribution in [0.4, 0.5) is 8.78 Å². The number of nitrogens with one attached hydrogen (secondary N) is 1. The van der Waals surface area contributed by atoms with Crippen LogP contribution in [-0.2, 0) is 0 Å². The quantitative estimate of drug-likeness (QED) is 0.875. The number of amides is 1. The van der Waals surface area contributed by atoms with Crippen molar-refractivity contribution in [3.05, 3.63) is 57.8 Å². The van der Waals surface area contributed by atoms with Crippen molar-refractivity contribution in [2.75, 3.05) is 0 Å². The average Bonchev–Trinajstić information content (AvgIpc) is 2.95. The summed E-state index contributed by atoms with van der Waals surface area (Å²) >= 11 is 1.53. The third-order valence-electron chi connectivity index (χ3n) is 2.97. The first kappa shape index (κ1) is 14.7. The first-order valence-corrected chi connectivity index (χ1v) is 7.29. The fourth-order valence-corrected chi connectivity index (χ4v) is 2.79. The van der Waals surface area contributed by atoms with Crippen molar-refractivity contribution in [2.24, 2.45) is 0 Å². The van der Waals surface area contributed by atoms with Gasteiger partial charge in [-0.15, -0.1) is 11.3 Å². The van der Waals surface area contributed by atoms with E-state index in [1.54, 1.807) is 0 Å². The minimum atomic E-state index is -1.11. The molecule has 2 aromatic rings. The lowest BCUT2D eigenvalue weighted by Crippen LogP contribution is -2.29. The van der Waals surface area contributed by atoms with Crippen LogP contribution in [0.15, 0.2) is 35.7 Å². The van der Waals surface area contributed by atoms with Crippen molar-refractivity contribution in [1.82, 2.24) is 5.32 Å². The van der Waals surface area contributed by atoms with Crippen molar-refractivity contribution in [1.29, 1.82) is 0 Å². The summed E-state index contributed by atoms with van der Waals surface area (Å²) < 4.78 is 26.7. The molecular formula is C15H15F2NOS. The zero-order valence-corrected chi connectivity index (χ0v) is 11.8. The van der Waals surface area contributed by atoms with Crippen molar-refractivity contribution in [2.45, 2.75) is 25.8 Å². The lowest BCUT2D eigenvalue weighted by molar-refractivity contribution is 0.0930. The van der Waals surface area contributed by atoms with Crippen LogP contribution in [0.3, 0.4) is 0 Å². The maximum atomic E-state index is 13.6. The van der Waals surface area contributed by atoms with Gasteiger partial charge in [0.25, 0.3) is 5.91 Å². The molecule has 20 heavy (non-hydrogen) atoms. The molecule has 1 unspecified atom stereocenters. The predicted octanol–water partition coefficient (Wildman–Crippen LogP) is 4.30. The monoisotopic (exact) mass is 295 g/mol. The maximum Gasteiger partial charge on any atom is 0.254 e. The van der Waals surface area contributed by atoms with E-state index >= 15 is 0 Å². The Kier molecular flexibility index (Phi) is 4.84. The second-order valence-corrected chi connectivity index (χ2v) is 5.41. The SMILES string of the molecule is CCCC(NC(=O)c1cccc(F)c1F)c1cccs1. The van der Waals surface area contributed by atoms with E-state index in [4.69, 9.17) is 0 Å². The molecule has 2 rings (SSSR count). The largest absolute Gasteiger partial charge is 0.344 e. The lowest BCUT2D eigenvalue weighted by atomic mass is 10.1. The highest BCUT2D eigenvalue weighted by Gasteiger charge is 2.19. The fourth-order valence-electron chi connectivity index (χ4n) is 1.98. The molecule has 5 heteroatoms. The highest BCUT2D eigenvalue weighted by Crippen LogP contribution is 2.24. The van der Waals surface area contributed by atoms with Gasteiger partial charge in [-0.2, -0.15) is 0 Å². The molecule has 0 saturated carbocycles. The molecule has 1 aromatic heterocycles. The van der Waals surface area contributed by atoms with Crippen LogP contribution in [-0.4, -0.2) is 5.91 Å². The van der Waals surface area contributed by atoms with E-state index in [2.05, 4.69) is 5.32 Å². The van der Waals surface area contributed by atoms with Crippen molar-refractivity contribution >= 4 is 17.2 Å². The minimum absolute atomic E-state index is 0.171. The molecule has 0 aliphatic heterocycles. The van der Waals surface area contributed by atoms with Gasteiger partial charge in [0.1, 0.15) is 0 Å². The van der Waals surface area contributed by atoms with Gasteiger partial charge in [0.05, 0.1) is 11.6 Å². The molecule has 0 spiro atoms. The van der Waals surface area contributed by atoms with Crippen molar-refractivity contribution < 1.29 is 13.6 Å². The summed E-state index contributed by atoms with van der Waals surface area (Å²) in [6.45, 7) is 2.01. The number of hydrogen-bond donors (Lipinski definition) is 1. The van der Waals surface area contributed by atoms with Crippen LogP contribution in [0, 0.1) is 11.6 Å². The molecule has 2 nitrogen and oxygen atoms in total. The summed E-state index contributed by atoms with van der Waals surface area (Å²) in [5, 5.41) is 4.69. The molecule has 106 valence electrons. The van der Waals surface area contributed by atoms with Gasteiger partial charge >= 0.3 is 0 Å². The van der Waals surface area contributed by atoms with Gasteiger partial charge in [0.15, 0.2) is 11.6 Å². The van der Waals surface area contributed by atoms with E-state index in [1.165, 1.54) is 23.5 Å². The number of halogens is 2. The normalized spacial score (nSPS) is 12.2. The third-order valence-corrected chi connectivity index (χ3v) is 3.95. The van der Waals surface area contributed by atoms with Gasteiger partial charge in [-0.3, -0.25) is 4.79 Å². The van der Waals surface area contributed by atoms with Gasteiger partial charge in [-0.05, 0) is 30.0 Å². The molecule has 0 aliphatic rings. The van der Waals surface area contributed by atoms with Gasteiger partial charge in [0.2, 0.25) is 0 Å². The molecule has 0 radical (unpaired) electrons. The van der Waals surface area contributed by atoms with Crippen LogP contribution in [0.2, 0.25) is 0 Å². The number of carbonyl (C=O) groups is 1. The van der Waals surface area contributed by atoms with E-state index in [-0.39, 0.29) is 11.6 Å². The second-order valence-electron chi connectivity index (χ2n) is 4.43.